The van der Waals surface area contributed by atoms with E-state index < -0.39 is 35.9 Å². The Morgan fingerprint density at radius 2 is 1.48 bits per heavy atom. The zero-order valence-corrected chi connectivity index (χ0v) is 22.8. The van der Waals surface area contributed by atoms with Crippen molar-refractivity contribution in [2.75, 3.05) is 13.2 Å². The molecule has 13 heteroatoms. The van der Waals surface area contributed by atoms with Gasteiger partial charge in [-0.1, -0.05) is 64.0 Å². The lowest BCUT2D eigenvalue weighted by molar-refractivity contribution is -0.384. The molecular formula is C27H35F3N2O8. The van der Waals surface area contributed by atoms with E-state index in [9.17, 15) is 32.9 Å². The number of nitrogens with zero attached hydrogens (tertiary/aromatic N) is 1. The van der Waals surface area contributed by atoms with Crippen LogP contribution in [0.15, 0.2) is 47.2 Å². The Morgan fingerprint density at radius 3 is 2.02 bits per heavy atom. The van der Waals surface area contributed by atoms with E-state index in [1.54, 1.807) is 6.92 Å². The van der Waals surface area contributed by atoms with E-state index in [0.29, 0.717) is 12.1 Å². The first-order valence-corrected chi connectivity index (χ1v) is 13.1. The van der Waals surface area contributed by atoms with Gasteiger partial charge in [-0.15, -0.1) is 0 Å². The molecule has 1 N–H and O–H groups in total. The second kappa shape index (κ2) is 15.7. The summed E-state index contributed by atoms with van der Waals surface area (Å²) in [6.45, 7) is 3.40. The topological polar surface area (TPSA) is 126 Å². The predicted molar refractivity (Wildman–Crippen MR) is 138 cm³/mol. The number of benzene rings is 1. The lowest BCUT2D eigenvalue weighted by atomic mass is 9.90. The maximum Gasteiger partial charge on any atom is 0.513 e. The van der Waals surface area contributed by atoms with Gasteiger partial charge in [0, 0.05) is 12.1 Å². The van der Waals surface area contributed by atoms with Crippen LogP contribution in [0.2, 0.25) is 0 Å². The van der Waals surface area contributed by atoms with Crippen LogP contribution in [0.4, 0.5) is 28.4 Å². The van der Waals surface area contributed by atoms with Crippen LogP contribution >= 0.6 is 0 Å². The molecule has 0 saturated heterocycles. The van der Waals surface area contributed by atoms with Crippen molar-refractivity contribution in [3.8, 4) is 0 Å². The predicted octanol–water partition coefficient (Wildman–Crippen LogP) is 7.75. The lowest BCUT2D eigenvalue weighted by Gasteiger charge is -2.30. The van der Waals surface area contributed by atoms with Crippen LogP contribution in [0.1, 0.15) is 83.6 Å². The van der Waals surface area contributed by atoms with E-state index in [-0.39, 0.29) is 35.1 Å². The summed E-state index contributed by atoms with van der Waals surface area (Å²) < 4.78 is 57.5. The number of nitro groups is 1. The van der Waals surface area contributed by atoms with Crippen molar-refractivity contribution < 1.29 is 46.6 Å². The van der Waals surface area contributed by atoms with Gasteiger partial charge in [-0.25, -0.2) is 9.59 Å². The number of allylic oxidation sites excluding steroid dienone is 2. The van der Waals surface area contributed by atoms with Crippen LogP contribution in [0.25, 0.3) is 0 Å². The molecule has 0 fully saturated rings. The highest BCUT2D eigenvalue weighted by atomic mass is 19.4. The quantitative estimate of drug-likeness (QED) is 0.103. The Bertz CT molecular complexity index is 1100. The van der Waals surface area contributed by atoms with Crippen molar-refractivity contribution in [2.24, 2.45) is 0 Å². The van der Waals surface area contributed by atoms with Crippen molar-refractivity contribution >= 4 is 18.0 Å². The number of hydrogen-bond acceptors (Lipinski definition) is 9. The minimum atomic E-state index is -4.78. The SMILES string of the molecule is CCCCCCCCCCOC(=O)OC1=C(C)NC(C)=C(OC(=O)OCC(F)(F)F)C1c1cccc([N+](=O)[O-])c1. The number of halogens is 3. The molecular weight excluding hydrogens is 537 g/mol. The smallest absolute Gasteiger partial charge is 0.434 e. The van der Waals surface area contributed by atoms with Gasteiger partial charge in [0.25, 0.3) is 5.69 Å². The van der Waals surface area contributed by atoms with Crippen molar-refractivity contribution in [1.29, 1.82) is 0 Å². The molecule has 2 rings (SSSR count). The molecule has 1 heterocycles. The molecule has 10 nitrogen and oxygen atoms in total. The monoisotopic (exact) mass is 572 g/mol. The number of nitro benzene ring substituents is 1. The third kappa shape index (κ3) is 10.8. The summed E-state index contributed by atoms with van der Waals surface area (Å²) in [5, 5.41) is 14.2. The Hall–Kier alpha value is -3.77. The summed E-state index contributed by atoms with van der Waals surface area (Å²) in [4.78, 5) is 35.4. The Kier molecular flexibility index (Phi) is 12.8. The molecule has 1 aromatic rings. The van der Waals surface area contributed by atoms with Gasteiger partial charge >= 0.3 is 18.5 Å². The van der Waals surface area contributed by atoms with E-state index >= 15 is 0 Å². The molecule has 0 bridgehead atoms. The van der Waals surface area contributed by atoms with Crippen molar-refractivity contribution in [1.82, 2.24) is 5.32 Å². The third-order valence-corrected chi connectivity index (χ3v) is 6.01. The standard InChI is InChI=1S/C27H35F3N2O8/c1-4-5-6-7-8-9-10-11-15-37-25(33)39-23-18(2)31-19(3)24(40-26(34)38-17-27(28,29)30)22(23)20-13-12-14-21(16-20)32(35)36/h12-14,16,22,31H,4-11,15,17H2,1-3H3. The minimum Gasteiger partial charge on any atom is -0.434 e. The minimum absolute atomic E-state index is 0.106. The molecule has 1 aliphatic rings. The number of non-ortho nitro benzene ring substituents is 1. The van der Waals surface area contributed by atoms with Crippen LogP contribution < -0.4 is 5.32 Å². The van der Waals surface area contributed by atoms with Gasteiger partial charge in [-0.2, -0.15) is 13.2 Å². The van der Waals surface area contributed by atoms with Crippen molar-refractivity contribution in [2.45, 2.75) is 84.2 Å². The zero-order chi connectivity index (χ0) is 29.7. The highest BCUT2D eigenvalue weighted by Gasteiger charge is 2.37. The van der Waals surface area contributed by atoms with Crippen LogP contribution in [0.5, 0.6) is 0 Å². The first-order chi connectivity index (χ1) is 18.9. The molecule has 1 aliphatic heterocycles. The number of carbonyl (C=O) groups excluding carboxylic acids is 2. The van der Waals surface area contributed by atoms with Gasteiger partial charge in [-0.3, -0.25) is 10.1 Å². The fourth-order valence-electron chi connectivity index (χ4n) is 4.12. The normalized spacial score (nSPS) is 15.4. The molecule has 1 aromatic carbocycles. The fourth-order valence-corrected chi connectivity index (χ4v) is 4.12. The van der Waals surface area contributed by atoms with E-state index in [1.165, 1.54) is 50.5 Å². The van der Waals surface area contributed by atoms with Crippen LogP contribution in [-0.4, -0.2) is 36.6 Å². The molecule has 0 aromatic heterocycles. The number of ether oxygens (including phenoxy) is 4. The van der Waals surface area contributed by atoms with Gasteiger partial charge in [0.15, 0.2) is 6.61 Å². The molecule has 40 heavy (non-hydrogen) atoms. The molecule has 222 valence electrons. The Labute approximate surface area is 230 Å². The number of hydrogen-bond donors (Lipinski definition) is 1. The highest BCUT2D eigenvalue weighted by Crippen LogP contribution is 2.40. The van der Waals surface area contributed by atoms with Gasteiger partial charge in [-0.05, 0) is 25.8 Å². The largest absolute Gasteiger partial charge is 0.513 e. The molecule has 0 spiro atoms. The molecule has 0 aliphatic carbocycles. The number of rotatable bonds is 14. The molecule has 0 saturated carbocycles. The van der Waals surface area contributed by atoms with Crippen LogP contribution in [-0.2, 0) is 18.9 Å². The molecule has 0 radical (unpaired) electrons. The van der Waals surface area contributed by atoms with Gasteiger partial charge in [0.1, 0.15) is 17.4 Å². The number of carbonyl (C=O) groups is 2. The first-order valence-electron chi connectivity index (χ1n) is 13.1. The summed E-state index contributed by atoms with van der Waals surface area (Å²) in [5.74, 6) is -1.58. The zero-order valence-electron chi connectivity index (χ0n) is 22.8. The highest BCUT2D eigenvalue weighted by molar-refractivity contribution is 5.65. The van der Waals surface area contributed by atoms with E-state index in [1.807, 2.05) is 0 Å². The van der Waals surface area contributed by atoms with Crippen LogP contribution in [0.3, 0.4) is 0 Å². The van der Waals surface area contributed by atoms with E-state index in [0.717, 1.165) is 25.7 Å². The van der Waals surface area contributed by atoms with Gasteiger partial charge in [0.2, 0.25) is 0 Å². The van der Waals surface area contributed by atoms with Gasteiger partial charge < -0.3 is 24.3 Å². The summed E-state index contributed by atoms with van der Waals surface area (Å²) in [7, 11) is 0. The maximum absolute atomic E-state index is 12.6. The van der Waals surface area contributed by atoms with Crippen LogP contribution in [0, 0.1) is 10.1 Å². The first kappa shape index (κ1) is 32.4. The average molecular weight is 573 g/mol. The Morgan fingerprint density at radius 1 is 0.925 bits per heavy atom. The average Bonchev–Trinajstić information content (AvgIpc) is 2.89. The van der Waals surface area contributed by atoms with Crippen molar-refractivity contribution in [3.63, 3.8) is 0 Å². The number of nitrogens with one attached hydrogen (secondary N) is 1. The second-order valence-corrected chi connectivity index (χ2v) is 9.32. The van der Waals surface area contributed by atoms with E-state index in [4.69, 9.17) is 14.2 Å². The third-order valence-electron chi connectivity index (χ3n) is 6.01. The van der Waals surface area contributed by atoms with E-state index in [2.05, 4.69) is 17.0 Å². The Balaban J connectivity index is 2.16. The fraction of sp³-hybridized carbons (Fsp3) is 0.556. The van der Waals surface area contributed by atoms with Crippen molar-refractivity contribution in [3.05, 3.63) is 62.9 Å². The summed E-state index contributed by atoms with van der Waals surface area (Å²) in [6.07, 6.45) is 0.897. The number of alkyl halides is 3. The molecule has 1 atom stereocenters. The summed E-state index contributed by atoms with van der Waals surface area (Å²) in [5.41, 5.74) is 0.368. The number of dihydropyridines is 1. The second-order valence-electron chi connectivity index (χ2n) is 9.32. The number of unbranched alkanes of at least 4 members (excludes halogenated alkanes) is 7. The molecule has 0 amide bonds. The summed E-state index contributed by atoms with van der Waals surface area (Å²) in [6, 6.07) is 5.24. The molecule has 1 unspecified atom stereocenters. The lowest BCUT2D eigenvalue weighted by Crippen LogP contribution is -2.30. The summed E-state index contributed by atoms with van der Waals surface area (Å²) >= 11 is 0. The maximum atomic E-state index is 12.6. The van der Waals surface area contributed by atoms with Gasteiger partial charge in [0.05, 0.1) is 22.9 Å².